The number of nitrogens with one attached hydrogen (secondary N) is 1. The van der Waals surface area contributed by atoms with Crippen molar-refractivity contribution in [3.63, 3.8) is 0 Å². The normalized spacial score (nSPS) is 13.4. The summed E-state index contributed by atoms with van der Waals surface area (Å²) in [5.41, 5.74) is 3.03. The van der Waals surface area contributed by atoms with E-state index in [2.05, 4.69) is 25.5 Å². The van der Waals surface area contributed by atoms with Gasteiger partial charge in [0.2, 0.25) is 0 Å². The molecule has 1 aromatic carbocycles. The molecule has 150 valence electrons. The smallest absolute Gasteiger partial charge is 0.259 e. The first-order valence-corrected chi connectivity index (χ1v) is 9.86. The minimum Gasteiger partial charge on any atom is -0.348 e. The molecule has 0 atom stereocenters. The fourth-order valence-electron chi connectivity index (χ4n) is 3.23. The van der Waals surface area contributed by atoms with E-state index in [4.69, 9.17) is 4.52 Å². The van der Waals surface area contributed by atoms with E-state index < -0.39 is 0 Å². The average molecular weight is 400 g/mol. The molecule has 0 unspecified atom stereocenters. The van der Waals surface area contributed by atoms with Crippen molar-refractivity contribution in [2.45, 2.75) is 32.2 Å². The highest BCUT2D eigenvalue weighted by Gasteiger charge is 2.29. The van der Waals surface area contributed by atoms with E-state index in [1.807, 2.05) is 49.4 Å². The maximum absolute atomic E-state index is 12.6. The molecule has 4 aromatic rings. The van der Waals surface area contributed by atoms with Gasteiger partial charge < -0.3 is 9.84 Å². The summed E-state index contributed by atoms with van der Waals surface area (Å²) in [4.78, 5) is 21.5. The van der Waals surface area contributed by atoms with Gasteiger partial charge in [0.25, 0.3) is 11.8 Å². The Labute approximate surface area is 173 Å². The maximum Gasteiger partial charge on any atom is 0.259 e. The van der Waals surface area contributed by atoms with E-state index in [1.54, 1.807) is 17.1 Å². The second-order valence-electron chi connectivity index (χ2n) is 7.36. The van der Waals surface area contributed by atoms with Crippen LogP contribution in [0.4, 0.5) is 0 Å². The van der Waals surface area contributed by atoms with Gasteiger partial charge in [-0.15, -0.1) is 0 Å². The summed E-state index contributed by atoms with van der Waals surface area (Å²) in [5, 5.41) is 11.3. The van der Waals surface area contributed by atoms with Gasteiger partial charge in [-0.3, -0.25) is 4.79 Å². The summed E-state index contributed by atoms with van der Waals surface area (Å²) >= 11 is 0. The van der Waals surface area contributed by atoms with E-state index in [0.29, 0.717) is 29.7 Å². The van der Waals surface area contributed by atoms with E-state index in [1.165, 1.54) is 0 Å². The number of carbonyl (C=O) groups is 1. The molecule has 0 bridgehead atoms. The number of carbonyl (C=O) groups excluding carboxylic acids is 1. The molecule has 30 heavy (non-hydrogen) atoms. The first-order valence-electron chi connectivity index (χ1n) is 9.86. The molecule has 0 spiro atoms. The van der Waals surface area contributed by atoms with Gasteiger partial charge in [-0.2, -0.15) is 10.1 Å². The molecule has 1 aliphatic carbocycles. The lowest BCUT2D eigenvalue weighted by atomic mass is 10.2. The largest absolute Gasteiger partial charge is 0.348 e. The summed E-state index contributed by atoms with van der Waals surface area (Å²) in [6.07, 6.45) is 5.48. The predicted octanol–water partition coefficient (Wildman–Crippen LogP) is 3.43. The van der Waals surface area contributed by atoms with Crippen LogP contribution < -0.4 is 5.32 Å². The summed E-state index contributed by atoms with van der Waals surface area (Å²) in [6, 6.07) is 13.5. The van der Waals surface area contributed by atoms with Crippen LogP contribution in [-0.4, -0.2) is 30.8 Å². The highest BCUT2D eigenvalue weighted by Crippen LogP contribution is 2.38. The minimum absolute atomic E-state index is 0.169. The SMILES string of the molecule is Cc1c(C(=O)NCc2ccccc2)cnn1-c1ccc(-c2nc(C3CC3)no2)cn1. The zero-order chi connectivity index (χ0) is 20.5. The Hall–Kier alpha value is -3.81. The van der Waals surface area contributed by atoms with Crippen LogP contribution in [0.1, 0.15) is 46.2 Å². The summed E-state index contributed by atoms with van der Waals surface area (Å²) in [5.74, 6) is 2.11. The molecule has 5 rings (SSSR count). The third-order valence-electron chi connectivity index (χ3n) is 5.15. The molecule has 1 aliphatic rings. The number of amides is 1. The lowest BCUT2D eigenvalue weighted by Gasteiger charge is -2.06. The Morgan fingerprint density at radius 3 is 2.73 bits per heavy atom. The van der Waals surface area contributed by atoms with Gasteiger partial charge >= 0.3 is 0 Å². The summed E-state index contributed by atoms with van der Waals surface area (Å²) in [6.45, 7) is 2.31. The third kappa shape index (κ3) is 3.59. The monoisotopic (exact) mass is 400 g/mol. The lowest BCUT2D eigenvalue weighted by molar-refractivity contribution is 0.0950. The zero-order valence-corrected chi connectivity index (χ0v) is 16.4. The number of pyridine rings is 1. The standard InChI is InChI=1S/C22H20N6O2/c1-14-18(21(29)24-11-15-5-3-2-4-6-15)13-25-28(14)19-10-9-17(12-23-19)22-26-20(27-30-22)16-7-8-16/h2-6,9-10,12-13,16H,7-8,11H2,1H3,(H,24,29). The molecule has 3 heterocycles. The fourth-order valence-corrected chi connectivity index (χ4v) is 3.23. The Morgan fingerprint density at radius 2 is 2.00 bits per heavy atom. The van der Waals surface area contributed by atoms with Crippen LogP contribution in [0, 0.1) is 6.92 Å². The summed E-state index contributed by atoms with van der Waals surface area (Å²) < 4.78 is 6.99. The Bertz CT molecular complexity index is 1180. The molecule has 1 amide bonds. The molecule has 0 aliphatic heterocycles. The van der Waals surface area contributed by atoms with Gasteiger partial charge in [0.05, 0.1) is 23.0 Å². The van der Waals surface area contributed by atoms with Crippen molar-refractivity contribution < 1.29 is 9.32 Å². The lowest BCUT2D eigenvalue weighted by Crippen LogP contribution is -2.23. The number of hydrogen-bond acceptors (Lipinski definition) is 6. The van der Waals surface area contributed by atoms with Crippen LogP contribution in [0.2, 0.25) is 0 Å². The molecule has 3 aromatic heterocycles. The van der Waals surface area contributed by atoms with Crippen LogP contribution in [0.5, 0.6) is 0 Å². The van der Waals surface area contributed by atoms with Crippen LogP contribution in [0.3, 0.4) is 0 Å². The number of nitrogens with zero attached hydrogens (tertiary/aromatic N) is 5. The van der Waals surface area contributed by atoms with Crippen molar-refractivity contribution in [1.29, 1.82) is 0 Å². The Balaban J connectivity index is 1.31. The molecule has 0 saturated heterocycles. The highest BCUT2D eigenvalue weighted by molar-refractivity contribution is 5.95. The first-order chi connectivity index (χ1) is 14.7. The van der Waals surface area contributed by atoms with E-state index >= 15 is 0 Å². The van der Waals surface area contributed by atoms with E-state index in [9.17, 15) is 4.79 Å². The van der Waals surface area contributed by atoms with Gasteiger partial charge in [0.1, 0.15) is 0 Å². The second kappa shape index (κ2) is 7.55. The quantitative estimate of drug-likeness (QED) is 0.532. The number of benzene rings is 1. The average Bonchev–Trinajstić information content (AvgIpc) is 3.39. The molecule has 1 N–H and O–H groups in total. The number of aromatic nitrogens is 5. The molecular weight excluding hydrogens is 380 g/mol. The number of hydrogen-bond donors (Lipinski definition) is 1. The van der Waals surface area contributed by atoms with Crippen molar-refractivity contribution in [3.05, 3.63) is 77.5 Å². The Kier molecular flexibility index (Phi) is 4.59. The maximum atomic E-state index is 12.6. The van der Waals surface area contributed by atoms with Gasteiger partial charge in [0.15, 0.2) is 11.6 Å². The molecule has 8 nitrogen and oxygen atoms in total. The molecule has 8 heteroatoms. The van der Waals surface area contributed by atoms with Gasteiger partial charge in [-0.05, 0) is 37.5 Å². The third-order valence-corrected chi connectivity index (χ3v) is 5.15. The van der Waals surface area contributed by atoms with Crippen LogP contribution in [0.15, 0.2) is 59.4 Å². The van der Waals surface area contributed by atoms with Crippen LogP contribution >= 0.6 is 0 Å². The highest BCUT2D eigenvalue weighted by atomic mass is 16.5. The van der Waals surface area contributed by atoms with Crippen molar-refractivity contribution >= 4 is 5.91 Å². The fraction of sp³-hybridized carbons (Fsp3) is 0.227. The van der Waals surface area contributed by atoms with Crippen LogP contribution in [-0.2, 0) is 6.54 Å². The molecule has 1 fully saturated rings. The molecule has 0 radical (unpaired) electrons. The van der Waals surface area contributed by atoms with E-state index in [-0.39, 0.29) is 5.91 Å². The van der Waals surface area contributed by atoms with Gasteiger partial charge in [0, 0.05) is 18.7 Å². The van der Waals surface area contributed by atoms with Gasteiger partial charge in [-0.25, -0.2) is 9.67 Å². The van der Waals surface area contributed by atoms with Crippen molar-refractivity contribution in [1.82, 2.24) is 30.2 Å². The zero-order valence-electron chi connectivity index (χ0n) is 16.4. The predicted molar refractivity (Wildman–Crippen MR) is 109 cm³/mol. The topological polar surface area (TPSA) is 98.7 Å². The van der Waals surface area contributed by atoms with E-state index in [0.717, 1.165) is 35.5 Å². The summed E-state index contributed by atoms with van der Waals surface area (Å²) in [7, 11) is 0. The van der Waals surface area contributed by atoms with Gasteiger partial charge in [-0.1, -0.05) is 35.5 Å². The minimum atomic E-state index is -0.169. The number of rotatable bonds is 6. The van der Waals surface area contributed by atoms with Crippen LogP contribution in [0.25, 0.3) is 17.3 Å². The van der Waals surface area contributed by atoms with Crippen molar-refractivity contribution in [2.75, 3.05) is 0 Å². The second-order valence-corrected chi connectivity index (χ2v) is 7.36. The van der Waals surface area contributed by atoms with Crippen molar-refractivity contribution in [2.24, 2.45) is 0 Å². The first kappa shape index (κ1) is 18.2. The van der Waals surface area contributed by atoms with Crippen molar-refractivity contribution in [3.8, 4) is 17.3 Å². The molecular formula is C22H20N6O2. The Morgan fingerprint density at radius 1 is 1.17 bits per heavy atom. The molecule has 1 saturated carbocycles.